The zero-order valence-corrected chi connectivity index (χ0v) is 11.3. The predicted octanol–water partition coefficient (Wildman–Crippen LogP) is 2.89. The monoisotopic (exact) mass is 226 g/mol. The highest BCUT2D eigenvalue weighted by Gasteiger charge is 2.16. The van der Waals surface area contributed by atoms with Crippen LogP contribution >= 0.6 is 0 Å². The number of piperidine rings is 1. The highest BCUT2D eigenvalue weighted by Crippen LogP contribution is 2.20. The number of hydrogen-bond acceptors (Lipinski definition) is 2. The van der Waals surface area contributed by atoms with E-state index in [1.54, 1.807) is 0 Å². The van der Waals surface area contributed by atoms with Crippen molar-refractivity contribution in [1.82, 2.24) is 10.2 Å². The molecule has 0 aliphatic carbocycles. The Morgan fingerprint density at radius 3 is 2.38 bits per heavy atom. The van der Waals surface area contributed by atoms with Crippen LogP contribution in [0.2, 0.25) is 0 Å². The van der Waals surface area contributed by atoms with E-state index in [4.69, 9.17) is 0 Å². The first-order valence-electron chi connectivity index (χ1n) is 7.23. The number of likely N-dealkylation sites (tertiary alicyclic amines) is 1. The molecule has 0 saturated carbocycles. The Kier molecular flexibility index (Phi) is 7.87. The van der Waals surface area contributed by atoms with Gasteiger partial charge in [0.1, 0.15) is 0 Å². The Labute approximate surface area is 102 Å². The molecule has 1 saturated heterocycles. The van der Waals surface area contributed by atoms with Crippen molar-refractivity contribution in [3.63, 3.8) is 0 Å². The van der Waals surface area contributed by atoms with Gasteiger partial charge >= 0.3 is 0 Å². The Bertz CT molecular complexity index is 151. The van der Waals surface area contributed by atoms with E-state index in [2.05, 4.69) is 17.1 Å². The minimum Gasteiger partial charge on any atom is -0.320 e. The lowest BCUT2D eigenvalue weighted by atomic mass is 9.94. The minimum atomic E-state index is 1.02. The molecule has 0 bridgehead atoms. The van der Waals surface area contributed by atoms with Gasteiger partial charge in [-0.1, -0.05) is 26.2 Å². The molecule has 1 fully saturated rings. The van der Waals surface area contributed by atoms with E-state index < -0.39 is 0 Å². The van der Waals surface area contributed by atoms with Crippen molar-refractivity contribution in [3.05, 3.63) is 0 Å². The van der Waals surface area contributed by atoms with E-state index in [0.29, 0.717) is 0 Å². The first-order chi connectivity index (χ1) is 7.86. The van der Waals surface area contributed by atoms with Crippen molar-refractivity contribution in [2.45, 2.75) is 51.9 Å². The fraction of sp³-hybridized carbons (Fsp3) is 1.00. The van der Waals surface area contributed by atoms with Gasteiger partial charge in [-0.3, -0.25) is 0 Å². The quantitative estimate of drug-likeness (QED) is 0.640. The van der Waals surface area contributed by atoms with E-state index in [9.17, 15) is 0 Å². The summed E-state index contributed by atoms with van der Waals surface area (Å²) in [5.41, 5.74) is 0. The maximum Gasteiger partial charge on any atom is -0.00161 e. The van der Waals surface area contributed by atoms with Crippen LogP contribution in [0.15, 0.2) is 0 Å². The molecular formula is C14H30N2. The van der Waals surface area contributed by atoms with Crippen molar-refractivity contribution >= 4 is 0 Å². The second-order valence-corrected chi connectivity index (χ2v) is 5.21. The van der Waals surface area contributed by atoms with Crippen LogP contribution in [-0.2, 0) is 0 Å². The molecule has 0 aromatic heterocycles. The van der Waals surface area contributed by atoms with E-state index in [-0.39, 0.29) is 0 Å². The van der Waals surface area contributed by atoms with Crippen molar-refractivity contribution in [2.24, 2.45) is 5.92 Å². The molecule has 0 aromatic carbocycles. The van der Waals surface area contributed by atoms with Crippen LogP contribution in [0.1, 0.15) is 51.9 Å². The van der Waals surface area contributed by atoms with Crippen molar-refractivity contribution in [2.75, 3.05) is 33.2 Å². The molecule has 1 aliphatic rings. The number of nitrogens with zero attached hydrogens (tertiary/aromatic N) is 1. The summed E-state index contributed by atoms with van der Waals surface area (Å²) in [6.07, 6.45) is 9.82. The molecule has 0 atom stereocenters. The summed E-state index contributed by atoms with van der Waals surface area (Å²) < 4.78 is 0. The standard InChI is InChI=1S/C14H30N2/c1-3-14-8-12-16(13-9-14)11-7-5-4-6-10-15-2/h14-15H,3-13H2,1-2H3. The molecule has 0 unspecified atom stereocenters. The van der Waals surface area contributed by atoms with Crippen LogP contribution in [0.25, 0.3) is 0 Å². The molecule has 0 amide bonds. The van der Waals surface area contributed by atoms with Crippen molar-refractivity contribution in [1.29, 1.82) is 0 Å². The molecule has 2 heteroatoms. The van der Waals surface area contributed by atoms with Crippen LogP contribution in [0.4, 0.5) is 0 Å². The number of rotatable bonds is 8. The van der Waals surface area contributed by atoms with Gasteiger partial charge in [-0.25, -0.2) is 0 Å². The van der Waals surface area contributed by atoms with Crippen LogP contribution in [0.5, 0.6) is 0 Å². The molecule has 0 aromatic rings. The smallest absolute Gasteiger partial charge is 0.00161 e. The molecule has 2 nitrogen and oxygen atoms in total. The Morgan fingerprint density at radius 2 is 1.75 bits per heavy atom. The molecule has 1 rings (SSSR count). The highest BCUT2D eigenvalue weighted by molar-refractivity contribution is 4.71. The Balaban J connectivity index is 1.90. The Morgan fingerprint density at radius 1 is 1.06 bits per heavy atom. The molecule has 16 heavy (non-hydrogen) atoms. The van der Waals surface area contributed by atoms with E-state index >= 15 is 0 Å². The molecular weight excluding hydrogens is 196 g/mol. The van der Waals surface area contributed by atoms with Crippen molar-refractivity contribution in [3.8, 4) is 0 Å². The predicted molar refractivity (Wildman–Crippen MR) is 71.8 cm³/mol. The third-order valence-corrected chi connectivity index (χ3v) is 3.94. The van der Waals surface area contributed by atoms with E-state index in [0.717, 1.165) is 5.92 Å². The van der Waals surface area contributed by atoms with Gasteiger partial charge < -0.3 is 10.2 Å². The summed E-state index contributed by atoms with van der Waals surface area (Å²) in [6.45, 7) is 7.57. The summed E-state index contributed by atoms with van der Waals surface area (Å²) in [5.74, 6) is 1.02. The largest absolute Gasteiger partial charge is 0.320 e. The molecule has 1 aliphatic heterocycles. The maximum atomic E-state index is 3.21. The van der Waals surface area contributed by atoms with E-state index in [1.165, 1.54) is 71.1 Å². The summed E-state index contributed by atoms with van der Waals surface area (Å²) >= 11 is 0. The highest BCUT2D eigenvalue weighted by atomic mass is 15.1. The molecule has 96 valence electrons. The SMILES string of the molecule is CCC1CCN(CCCCCCNC)CC1. The summed E-state index contributed by atoms with van der Waals surface area (Å²) in [7, 11) is 2.04. The first kappa shape index (κ1) is 14.0. The van der Waals surface area contributed by atoms with Gasteiger partial charge in [0.25, 0.3) is 0 Å². The fourth-order valence-corrected chi connectivity index (χ4v) is 2.61. The number of unbranched alkanes of at least 4 members (excludes halogenated alkanes) is 3. The van der Waals surface area contributed by atoms with Gasteiger partial charge in [0.2, 0.25) is 0 Å². The average Bonchev–Trinajstić information content (AvgIpc) is 2.34. The summed E-state index contributed by atoms with van der Waals surface area (Å²) in [6, 6.07) is 0. The van der Waals surface area contributed by atoms with Gasteiger partial charge in [0, 0.05) is 0 Å². The third kappa shape index (κ3) is 5.86. The van der Waals surface area contributed by atoms with Gasteiger partial charge in [-0.2, -0.15) is 0 Å². The van der Waals surface area contributed by atoms with Gasteiger partial charge in [0.05, 0.1) is 0 Å². The van der Waals surface area contributed by atoms with E-state index in [1.807, 2.05) is 7.05 Å². The lowest BCUT2D eigenvalue weighted by Crippen LogP contribution is -2.34. The van der Waals surface area contributed by atoms with Crippen LogP contribution in [0.3, 0.4) is 0 Å². The van der Waals surface area contributed by atoms with Crippen LogP contribution in [-0.4, -0.2) is 38.1 Å². The van der Waals surface area contributed by atoms with Crippen molar-refractivity contribution < 1.29 is 0 Å². The van der Waals surface area contributed by atoms with Gasteiger partial charge in [-0.05, 0) is 64.8 Å². The second kappa shape index (κ2) is 9.00. The molecule has 0 radical (unpaired) electrons. The minimum absolute atomic E-state index is 1.02. The van der Waals surface area contributed by atoms with Crippen LogP contribution in [0, 0.1) is 5.92 Å². The lowest BCUT2D eigenvalue weighted by molar-refractivity contribution is 0.179. The molecule has 0 spiro atoms. The third-order valence-electron chi connectivity index (χ3n) is 3.94. The summed E-state index contributed by atoms with van der Waals surface area (Å²) in [5, 5.41) is 3.21. The zero-order chi connectivity index (χ0) is 11.6. The van der Waals surface area contributed by atoms with Crippen LogP contribution < -0.4 is 5.32 Å². The second-order valence-electron chi connectivity index (χ2n) is 5.21. The summed E-state index contributed by atoms with van der Waals surface area (Å²) in [4.78, 5) is 2.67. The van der Waals surface area contributed by atoms with Gasteiger partial charge in [-0.15, -0.1) is 0 Å². The topological polar surface area (TPSA) is 15.3 Å². The maximum absolute atomic E-state index is 3.21. The fourth-order valence-electron chi connectivity index (χ4n) is 2.61. The first-order valence-corrected chi connectivity index (χ1v) is 7.23. The molecule has 1 heterocycles. The molecule has 1 N–H and O–H groups in total. The van der Waals surface area contributed by atoms with Gasteiger partial charge in [0.15, 0.2) is 0 Å². The Hall–Kier alpha value is -0.0800. The number of hydrogen-bond donors (Lipinski definition) is 1. The lowest BCUT2D eigenvalue weighted by Gasteiger charge is -2.31. The average molecular weight is 226 g/mol. The zero-order valence-electron chi connectivity index (χ0n) is 11.3. The number of nitrogens with one attached hydrogen (secondary N) is 1. The normalized spacial score (nSPS) is 19.1.